The van der Waals surface area contributed by atoms with E-state index in [0.717, 1.165) is 12.0 Å². The van der Waals surface area contributed by atoms with Gasteiger partial charge in [0.05, 0.1) is 22.3 Å². The number of likely N-dealkylation sites (tertiary alicyclic amines) is 1. The Balaban J connectivity index is 0.00000240. The van der Waals surface area contributed by atoms with Crippen LogP contribution in [-0.2, 0) is 0 Å². The summed E-state index contributed by atoms with van der Waals surface area (Å²) in [5, 5.41) is 4.73. The number of carbonyl (C=O) groups excluding carboxylic acids is 1. The molecule has 1 fully saturated rings. The van der Waals surface area contributed by atoms with Gasteiger partial charge in [0.15, 0.2) is 0 Å². The van der Waals surface area contributed by atoms with Gasteiger partial charge < -0.3 is 15.2 Å². The van der Waals surface area contributed by atoms with Gasteiger partial charge in [-0.05, 0) is 31.7 Å². The Morgan fingerprint density at radius 3 is 2.59 bits per heavy atom. The molecule has 1 amide bonds. The third-order valence-electron chi connectivity index (χ3n) is 5.79. The lowest BCUT2D eigenvalue weighted by atomic mass is 9.79. The van der Waals surface area contributed by atoms with Gasteiger partial charge in [-0.25, -0.2) is 4.98 Å². The van der Waals surface area contributed by atoms with Crippen molar-refractivity contribution in [3.63, 3.8) is 0 Å². The van der Waals surface area contributed by atoms with Crippen molar-refractivity contribution in [2.24, 2.45) is 11.1 Å². The Labute approximate surface area is 176 Å². The van der Waals surface area contributed by atoms with Crippen molar-refractivity contribution in [3.05, 3.63) is 47.2 Å². The number of amides is 1. The monoisotopic (exact) mass is 414 g/mol. The molecule has 1 aromatic carbocycles. The summed E-state index contributed by atoms with van der Waals surface area (Å²) in [6.45, 7) is 9.38. The largest absolute Gasteiger partial charge is 0.338 e. The fraction of sp³-hybridized carbons (Fsp3) is 0.409. The second-order valence-electron chi connectivity index (χ2n) is 8.48. The molecular weight excluding hydrogens is 388 g/mol. The number of hydrogen-bond acceptors (Lipinski definition) is 5. The van der Waals surface area contributed by atoms with Gasteiger partial charge in [0.1, 0.15) is 0 Å². The second kappa shape index (κ2) is 7.76. The van der Waals surface area contributed by atoms with E-state index < -0.39 is 0 Å². The summed E-state index contributed by atoms with van der Waals surface area (Å²) in [5.41, 5.74) is 10.6. The van der Waals surface area contributed by atoms with Crippen molar-refractivity contribution in [1.29, 1.82) is 0 Å². The van der Waals surface area contributed by atoms with E-state index >= 15 is 0 Å². The third-order valence-corrected chi connectivity index (χ3v) is 5.79. The fourth-order valence-corrected chi connectivity index (χ4v) is 3.85. The molecule has 7 heteroatoms. The first-order valence-electron chi connectivity index (χ1n) is 9.65. The first-order chi connectivity index (χ1) is 13.3. The molecule has 4 rings (SSSR count). The van der Waals surface area contributed by atoms with E-state index in [4.69, 9.17) is 10.3 Å². The van der Waals surface area contributed by atoms with Gasteiger partial charge in [-0.15, -0.1) is 12.4 Å². The molecule has 2 N–H and O–H groups in total. The molecule has 1 atom stereocenters. The molecule has 1 unspecified atom stereocenters. The van der Waals surface area contributed by atoms with Crippen LogP contribution in [-0.4, -0.2) is 40.1 Å². The quantitative estimate of drug-likeness (QED) is 0.681. The number of benzene rings is 1. The summed E-state index contributed by atoms with van der Waals surface area (Å²) < 4.78 is 5.42. The van der Waals surface area contributed by atoms with Crippen molar-refractivity contribution < 1.29 is 9.32 Å². The Hall–Kier alpha value is -2.44. The van der Waals surface area contributed by atoms with Gasteiger partial charge in [0, 0.05) is 24.7 Å². The van der Waals surface area contributed by atoms with E-state index in [1.807, 2.05) is 49.1 Å². The Kier molecular flexibility index (Phi) is 5.70. The molecule has 3 heterocycles. The van der Waals surface area contributed by atoms with Crippen LogP contribution in [0.2, 0.25) is 0 Å². The molecule has 1 saturated heterocycles. The summed E-state index contributed by atoms with van der Waals surface area (Å²) >= 11 is 0. The zero-order valence-corrected chi connectivity index (χ0v) is 18.0. The van der Waals surface area contributed by atoms with Crippen molar-refractivity contribution in [2.45, 2.75) is 40.2 Å². The zero-order chi connectivity index (χ0) is 20.1. The maximum atomic E-state index is 13.5. The molecule has 0 saturated carbocycles. The van der Waals surface area contributed by atoms with Crippen molar-refractivity contribution in [3.8, 4) is 11.3 Å². The van der Waals surface area contributed by atoms with Gasteiger partial charge in [0.25, 0.3) is 11.6 Å². The van der Waals surface area contributed by atoms with Crippen LogP contribution in [0.25, 0.3) is 22.4 Å². The van der Waals surface area contributed by atoms with E-state index in [1.165, 1.54) is 5.56 Å². The normalized spacial score (nSPS) is 18.5. The van der Waals surface area contributed by atoms with E-state index in [1.54, 1.807) is 0 Å². The van der Waals surface area contributed by atoms with Crippen molar-refractivity contribution in [1.82, 2.24) is 15.0 Å². The average molecular weight is 415 g/mol. The molecular formula is C22H27ClN4O2. The van der Waals surface area contributed by atoms with Gasteiger partial charge in [-0.1, -0.05) is 48.8 Å². The van der Waals surface area contributed by atoms with Crippen LogP contribution in [0.3, 0.4) is 0 Å². The Bertz CT molecular complexity index is 1040. The van der Waals surface area contributed by atoms with Gasteiger partial charge in [-0.2, -0.15) is 0 Å². The number of aromatic nitrogens is 2. The van der Waals surface area contributed by atoms with Crippen LogP contribution in [0.1, 0.15) is 41.9 Å². The molecule has 1 aliphatic rings. The predicted molar refractivity (Wildman–Crippen MR) is 116 cm³/mol. The molecule has 29 heavy (non-hydrogen) atoms. The highest BCUT2D eigenvalue weighted by Gasteiger charge is 2.36. The number of halogens is 1. The van der Waals surface area contributed by atoms with E-state index in [0.29, 0.717) is 41.1 Å². The van der Waals surface area contributed by atoms with E-state index in [9.17, 15) is 4.79 Å². The van der Waals surface area contributed by atoms with Crippen LogP contribution in [0, 0.1) is 19.3 Å². The topological polar surface area (TPSA) is 85.2 Å². The molecule has 2 aromatic heterocycles. The third kappa shape index (κ3) is 3.87. The van der Waals surface area contributed by atoms with Crippen LogP contribution in [0.4, 0.5) is 0 Å². The summed E-state index contributed by atoms with van der Waals surface area (Å²) in [4.78, 5) is 20.0. The number of nitrogens with two attached hydrogens (primary N) is 1. The number of aryl methyl sites for hydroxylation is 2. The summed E-state index contributed by atoms with van der Waals surface area (Å²) in [6.07, 6.45) is 0.792. The van der Waals surface area contributed by atoms with Crippen LogP contribution < -0.4 is 5.73 Å². The lowest BCUT2D eigenvalue weighted by molar-refractivity contribution is 0.0535. The lowest BCUT2D eigenvalue weighted by Gasteiger charge is -2.42. The minimum Gasteiger partial charge on any atom is -0.338 e. The van der Waals surface area contributed by atoms with Crippen LogP contribution in [0.15, 0.2) is 34.9 Å². The number of nitrogens with zero attached hydrogens (tertiary/aromatic N) is 3. The molecule has 154 valence electrons. The summed E-state index contributed by atoms with van der Waals surface area (Å²) in [7, 11) is 0. The average Bonchev–Trinajstić information content (AvgIpc) is 3.04. The van der Waals surface area contributed by atoms with Gasteiger partial charge in [-0.3, -0.25) is 4.79 Å². The predicted octanol–water partition coefficient (Wildman–Crippen LogP) is 4.13. The molecule has 0 aliphatic carbocycles. The highest BCUT2D eigenvalue weighted by molar-refractivity contribution is 6.07. The molecule has 1 aliphatic heterocycles. The summed E-state index contributed by atoms with van der Waals surface area (Å²) in [5.74, 6) is -0.0213. The zero-order valence-electron chi connectivity index (χ0n) is 17.2. The van der Waals surface area contributed by atoms with Gasteiger partial charge in [0.2, 0.25) is 0 Å². The standard InChI is InChI=1S/C22H26N4O2.ClH/c1-13-5-7-15(8-6-13)17-11-16(19-14(2)25-28-20(19)24-17)21(27)26-10-9-18(23)22(3,4)12-26;/h5-8,11,18H,9-10,12,23H2,1-4H3;1H. The number of pyridine rings is 1. The first kappa shape index (κ1) is 21.3. The SMILES string of the molecule is Cc1ccc(-c2cc(C(=O)N3CCC(N)C(C)(C)C3)c3c(C)noc3n2)cc1.Cl. The maximum absolute atomic E-state index is 13.5. The number of hydrogen-bond donors (Lipinski definition) is 1. The molecule has 0 radical (unpaired) electrons. The lowest BCUT2D eigenvalue weighted by Crippen LogP contribution is -2.54. The van der Waals surface area contributed by atoms with Crippen molar-refractivity contribution >= 4 is 29.4 Å². The van der Waals surface area contributed by atoms with Crippen LogP contribution in [0.5, 0.6) is 0 Å². The van der Waals surface area contributed by atoms with Crippen molar-refractivity contribution in [2.75, 3.05) is 13.1 Å². The van der Waals surface area contributed by atoms with Crippen LogP contribution >= 0.6 is 12.4 Å². The maximum Gasteiger partial charge on any atom is 0.259 e. The molecule has 0 bridgehead atoms. The molecule has 3 aromatic rings. The highest BCUT2D eigenvalue weighted by atomic mass is 35.5. The molecule has 0 spiro atoms. The van der Waals surface area contributed by atoms with E-state index in [-0.39, 0.29) is 29.8 Å². The second-order valence-corrected chi connectivity index (χ2v) is 8.48. The number of piperidine rings is 1. The Morgan fingerprint density at radius 2 is 1.93 bits per heavy atom. The number of rotatable bonds is 2. The molecule has 6 nitrogen and oxygen atoms in total. The number of carbonyl (C=O) groups is 1. The summed E-state index contributed by atoms with van der Waals surface area (Å²) in [6, 6.07) is 10.0. The minimum atomic E-state index is -0.121. The first-order valence-corrected chi connectivity index (χ1v) is 9.65. The minimum absolute atomic E-state index is 0. The smallest absolute Gasteiger partial charge is 0.259 e. The highest BCUT2D eigenvalue weighted by Crippen LogP contribution is 2.32. The fourth-order valence-electron chi connectivity index (χ4n) is 3.85. The van der Waals surface area contributed by atoms with E-state index in [2.05, 4.69) is 24.0 Å². The Morgan fingerprint density at radius 1 is 1.24 bits per heavy atom. The number of fused-ring (bicyclic) bond motifs is 1. The van der Waals surface area contributed by atoms with Gasteiger partial charge >= 0.3 is 0 Å².